The third-order valence-corrected chi connectivity index (χ3v) is 3.76. The summed E-state index contributed by atoms with van der Waals surface area (Å²) in [7, 11) is 1.28. The van der Waals surface area contributed by atoms with Crippen molar-refractivity contribution >= 4 is 25.6 Å². The van der Waals surface area contributed by atoms with E-state index in [0.29, 0.717) is 5.92 Å². The Morgan fingerprint density at radius 2 is 2.11 bits per heavy atom. The van der Waals surface area contributed by atoms with Gasteiger partial charge in [0.15, 0.2) is 5.03 Å². The molecule has 1 N–H and O–H groups in total. The van der Waals surface area contributed by atoms with E-state index in [1.54, 1.807) is 0 Å². The van der Waals surface area contributed by atoms with Gasteiger partial charge in [-0.05, 0) is 12.8 Å². The molecule has 0 bridgehead atoms. The Bertz CT molecular complexity index is 524. The number of rotatable bonds is 5. The molecular formula is C10H16ClN3O3S. The Hall–Kier alpha value is -1.08. The van der Waals surface area contributed by atoms with Gasteiger partial charge in [0, 0.05) is 22.9 Å². The number of aromatic nitrogens is 2. The molecule has 0 fully saturated rings. The zero-order valence-corrected chi connectivity index (χ0v) is 12.0. The number of carbonyl (C=O) groups is 1. The molecule has 0 saturated heterocycles. The summed E-state index contributed by atoms with van der Waals surface area (Å²) in [6, 6.07) is 0.0530. The first kappa shape index (κ1) is 15.0. The highest BCUT2D eigenvalue weighted by Crippen LogP contribution is 2.11. The molecule has 6 nitrogen and oxygen atoms in total. The minimum atomic E-state index is -3.85. The lowest BCUT2D eigenvalue weighted by Crippen LogP contribution is -2.37. The van der Waals surface area contributed by atoms with Gasteiger partial charge in [-0.1, -0.05) is 13.8 Å². The maximum atomic E-state index is 11.6. The standard InChI is InChI=1S/C10H16ClN3O3S/c1-7(2)8(3)13-9(15)4-14-5-10(12-6-14)18(11,16)17/h5-8H,4H2,1-3H3,(H,13,15). The van der Waals surface area contributed by atoms with Crippen LogP contribution in [0.3, 0.4) is 0 Å². The Morgan fingerprint density at radius 3 is 2.56 bits per heavy atom. The van der Waals surface area contributed by atoms with Crippen molar-refractivity contribution in [2.75, 3.05) is 0 Å². The number of nitrogens with one attached hydrogen (secondary N) is 1. The lowest BCUT2D eigenvalue weighted by molar-refractivity contribution is -0.122. The van der Waals surface area contributed by atoms with Crippen LogP contribution in [0.15, 0.2) is 17.6 Å². The van der Waals surface area contributed by atoms with Crippen molar-refractivity contribution in [1.29, 1.82) is 0 Å². The van der Waals surface area contributed by atoms with Crippen molar-refractivity contribution < 1.29 is 13.2 Å². The highest BCUT2D eigenvalue weighted by atomic mass is 35.7. The fourth-order valence-corrected chi connectivity index (χ4v) is 1.86. The first-order chi connectivity index (χ1) is 8.20. The lowest BCUT2D eigenvalue weighted by atomic mass is 10.1. The molecule has 8 heteroatoms. The van der Waals surface area contributed by atoms with Crippen LogP contribution < -0.4 is 5.32 Å². The van der Waals surface area contributed by atoms with Crippen molar-refractivity contribution in [1.82, 2.24) is 14.9 Å². The number of carbonyl (C=O) groups excluding carboxylic acids is 1. The quantitative estimate of drug-likeness (QED) is 0.820. The third kappa shape index (κ3) is 4.30. The molecule has 0 aliphatic heterocycles. The van der Waals surface area contributed by atoms with Crippen molar-refractivity contribution in [2.24, 2.45) is 5.92 Å². The predicted octanol–water partition coefficient (Wildman–Crippen LogP) is 0.971. The molecule has 0 aliphatic carbocycles. The molecule has 0 radical (unpaired) electrons. The Morgan fingerprint density at radius 1 is 1.50 bits per heavy atom. The van der Waals surface area contributed by atoms with Gasteiger partial charge in [0.2, 0.25) is 5.91 Å². The van der Waals surface area contributed by atoms with E-state index in [0.717, 1.165) is 0 Å². The van der Waals surface area contributed by atoms with Gasteiger partial charge in [0.05, 0.1) is 6.33 Å². The van der Waals surface area contributed by atoms with Crippen LogP contribution in [0, 0.1) is 5.92 Å². The van der Waals surface area contributed by atoms with Crippen molar-refractivity contribution in [3.05, 3.63) is 12.5 Å². The van der Waals surface area contributed by atoms with Crippen LogP contribution in [0.25, 0.3) is 0 Å². The zero-order valence-electron chi connectivity index (χ0n) is 10.4. The number of hydrogen-bond acceptors (Lipinski definition) is 4. The van der Waals surface area contributed by atoms with Gasteiger partial charge >= 0.3 is 0 Å². The highest BCUT2D eigenvalue weighted by molar-refractivity contribution is 8.13. The first-order valence-corrected chi connectivity index (χ1v) is 7.77. The second kappa shape index (κ2) is 5.71. The normalized spacial score (nSPS) is 13.6. The van der Waals surface area contributed by atoms with E-state index >= 15 is 0 Å². The Balaban J connectivity index is 2.63. The summed E-state index contributed by atoms with van der Waals surface area (Å²) in [5.74, 6) is 0.127. The van der Waals surface area contributed by atoms with Gasteiger partial charge in [0.25, 0.3) is 9.05 Å². The molecule has 1 rings (SSSR count). The Kier molecular flexibility index (Phi) is 4.75. The lowest BCUT2D eigenvalue weighted by Gasteiger charge is -2.17. The Labute approximate surface area is 111 Å². The molecule has 18 heavy (non-hydrogen) atoms. The molecule has 0 aliphatic rings. The second-order valence-electron chi connectivity index (χ2n) is 4.42. The number of hydrogen-bond donors (Lipinski definition) is 1. The fourth-order valence-electron chi connectivity index (χ4n) is 1.18. The van der Waals surface area contributed by atoms with E-state index in [1.165, 1.54) is 17.1 Å². The van der Waals surface area contributed by atoms with Gasteiger partial charge in [0.1, 0.15) is 6.54 Å². The first-order valence-electron chi connectivity index (χ1n) is 5.46. The summed E-state index contributed by atoms with van der Waals surface area (Å²) in [6.45, 7) is 5.92. The second-order valence-corrected chi connectivity index (χ2v) is 6.94. The highest BCUT2D eigenvalue weighted by Gasteiger charge is 2.15. The van der Waals surface area contributed by atoms with Crippen LogP contribution in [0.5, 0.6) is 0 Å². The number of nitrogens with zero attached hydrogens (tertiary/aromatic N) is 2. The van der Waals surface area contributed by atoms with Crippen LogP contribution in [0.1, 0.15) is 20.8 Å². The van der Waals surface area contributed by atoms with Gasteiger partial charge < -0.3 is 9.88 Å². The third-order valence-electron chi connectivity index (χ3n) is 2.57. The maximum absolute atomic E-state index is 11.6. The largest absolute Gasteiger partial charge is 0.352 e. The SMILES string of the molecule is CC(C)C(C)NC(=O)Cn1cnc(S(=O)(=O)Cl)c1. The van der Waals surface area contributed by atoms with Crippen molar-refractivity contribution in [3.63, 3.8) is 0 Å². The van der Waals surface area contributed by atoms with Crippen LogP contribution in [-0.2, 0) is 20.4 Å². The number of halogens is 1. The minimum Gasteiger partial charge on any atom is -0.352 e. The molecule has 1 amide bonds. The van der Waals surface area contributed by atoms with Crippen LogP contribution in [0.4, 0.5) is 0 Å². The van der Waals surface area contributed by atoms with E-state index in [1.807, 2.05) is 20.8 Å². The summed E-state index contributed by atoms with van der Waals surface area (Å²) < 4.78 is 23.3. The zero-order chi connectivity index (χ0) is 13.9. The van der Waals surface area contributed by atoms with E-state index < -0.39 is 9.05 Å². The molecule has 1 heterocycles. The number of imidazole rings is 1. The van der Waals surface area contributed by atoms with Gasteiger partial charge in [-0.2, -0.15) is 0 Å². The molecule has 102 valence electrons. The van der Waals surface area contributed by atoms with E-state index in [-0.39, 0.29) is 23.5 Å². The monoisotopic (exact) mass is 293 g/mol. The molecule has 1 unspecified atom stereocenters. The molecule has 1 aromatic heterocycles. The molecule has 0 spiro atoms. The predicted molar refractivity (Wildman–Crippen MR) is 67.7 cm³/mol. The fraction of sp³-hybridized carbons (Fsp3) is 0.600. The van der Waals surface area contributed by atoms with Gasteiger partial charge in [-0.3, -0.25) is 4.79 Å². The average molecular weight is 294 g/mol. The maximum Gasteiger partial charge on any atom is 0.280 e. The van der Waals surface area contributed by atoms with Crippen LogP contribution >= 0.6 is 10.7 Å². The summed E-state index contributed by atoms with van der Waals surface area (Å²) in [4.78, 5) is 15.3. The van der Waals surface area contributed by atoms with Crippen LogP contribution in [-0.4, -0.2) is 29.9 Å². The van der Waals surface area contributed by atoms with E-state index in [2.05, 4.69) is 10.3 Å². The molecule has 0 saturated carbocycles. The summed E-state index contributed by atoms with van der Waals surface area (Å²) >= 11 is 0. The summed E-state index contributed by atoms with van der Waals surface area (Å²) in [5.41, 5.74) is 0. The molecule has 1 atom stereocenters. The van der Waals surface area contributed by atoms with Gasteiger partial charge in [-0.25, -0.2) is 13.4 Å². The average Bonchev–Trinajstić information content (AvgIpc) is 2.64. The minimum absolute atomic E-state index is 0.0104. The number of amides is 1. The van der Waals surface area contributed by atoms with E-state index in [9.17, 15) is 13.2 Å². The van der Waals surface area contributed by atoms with Gasteiger partial charge in [-0.15, -0.1) is 0 Å². The van der Waals surface area contributed by atoms with Crippen LogP contribution in [0.2, 0.25) is 0 Å². The molecule has 0 aromatic carbocycles. The molecule has 1 aromatic rings. The van der Waals surface area contributed by atoms with Crippen molar-refractivity contribution in [2.45, 2.75) is 38.4 Å². The van der Waals surface area contributed by atoms with Crippen molar-refractivity contribution in [3.8, 4) is 0 Å². The van der Waals surface area contributed by atoms with E-state index in [4.69, 9.17) is 10.7 Å². The summed E-state index contributed by atoms with van der Waals surface area (Å²) in [6.07, 6.45) is 2.48. The summed E-state index contributed by atoms with van der Waals surface area (Å²) in [5, 5.41) is 2.55. The topological polar surface area (TPSA) is 81.1 Å². The smallest absolute Gasteiger partial charge is 0.280 e. The molecular weight excluding hydrogens is 278 g/mol.